The van der Waals surface area contributed by atoms with E-state index in [1.807, 2.05) is 6.20 Å². The maximum Gasteiger partial charge on any atom is 0.186 e. The molecule has 2 atom stereocenters. The van der Waals surface area contributed by atoms with E-state index in [0.717, 1.165) is 12.1 Å². The lowest BCUT2D eigenvalue weighted by Crippen LogP contribution is -2.36. The summed E-state index contributed by atoms with van der Waals surface area (Å²) in [7, 11) is 0. The minimum atomic E-state index is -0.553. The van der Waals surface area contributed by atoms with E-state index in [1.165, 1.54) is 12.8 Å². The van der Waals surface area contributed by atoms with Crippen LogP contribution in [0.25, 0.3) is 0 Å². The molecule has 2 heterocycles. The molecular weight excluding hydrogens is 282 g/mol. The van der Waals surface area contributed by atoms with E-state index in [1.54, 1.807) is 16.8 Å². The predicted octanol–water partition coefficient (Wildman–Crippen LogP) is 2.07. The van der Waals surface area contributed by atoms with Gasteiger partial charge in [-0.05, 0) is 37.3 Å². The normalized spacial score (nSPS) is 25.1. The second kappa shape index (κ2) is 6.71. The second-order valence-corrected chi connectivity index (χ2v) is 6.45. The first kappa shape index (κ1) is 15.4. The van der Waals surface area contributed by atoms with E-state index < -0.39 is 12.4 Å². The first-order valence-corrected chi connectivity index (χ1v) is 8.01. The van der Waals surface area contributed by atoms with E-state index in [4.69, 9.17) is 9.47 Å². The van der Waals surface area contributed by atoms with Crippen LogP contribution in [0.15, 0.2) is 18.3 Å². The second-order valence-electron chi connectivity index (χ2n) is 6.45. The van der Waals surface area contributed by atoms with Crippen molar-refractivity contribution in [3.8, 4) is 0 Å². The lowest BCUT2D eigenvalue weighted by molar-refractivity contribution is -0.166. The van der Waals surface area contributed by atoms with Gasteiger partial charge in [0, 0.05) is 12.1 Å². The van der Waals surface area contributed by atoms with Gasteiger partial charge in [0.1, 0.15) is 6.10 Å². The van der Waals surface area contributed by atoms with E-state index in [0.29, 0.717) is 25.0 Å². The molecule has 6 heteroatoms. The molecule has 0 radical (unpaired) electrons. The van der Waals surface area contributed by atoms with Crippen molar-refractivity contribution in [3.05, 3.63) is 24.0 Å². The van der Waals surface area contributed by atoms with Crippen molar-refractivity contribution in [1.29, 1.82) is 0 Å². The molecular formula is C16H23N3O3. The van der Waals surface area contributed by atoms with Crippen LogP contribution in [0.5, 0.6) is 0 Å². The summed E-state index contributed by atoms with van der Waals surface area (Å²) in [4.78, 5) is 12.0. The highest BCUT2D eigenvalue weighted by Crippen LogP contribution is 2.38. The Kier molecular flexibility index (Phi) is 4.69. The number of rotatable bonds is 7. The van der Waals surface area contributed by atoms with Crippen LogP contribution in [0, 0.1) is 5.92 Å². The summed E-state index contributed by atoms with van der Waals surface area (Å²) >= 11 is 0. The van der Waals surface area contributed by atoms with Gasteiger partial charge in [-0.3, -0.25) is 4.79 Å². The van der Waals surface area contributed by atoms with Gasteiger partial charge in [-0.1, -0.05) is 19.1 Å². The molecule has 1 saturated carbocycles. The topological polar surface area (TPSA) is 66.2 Å². The number of ketones is 1. The van der Waals surface area contributed by atoms with Crippen LogP contribution >= 0.6 is 0 Å². The number of ether oxygens (including phenoxy) is 2. The molecule has 0 amide bonds. The zero-order valence-electron chi connectivity index (χ0n) is 13.1. The van der Waals surface area contributed by atoms with Crippen molar-refractivity contribution in [1.82, 2.24) is 15.0 Å². The highest BCUT2D eigenvalue weighted by Gasteiger charge is 2.29. The fourth-order valence-corrected chi connectivity index (χ4v) is 2.34. The Labute approximate surface area is 130 Å². The Morgan fingerprint density at radius 3 is 3.00 bits per heavy atom. The first-order chi connectivity index (χ1) is 10.6. The molecule has 1 aromatic rings. The van der Waals surface area contributed by atoms with Crippen molar-refractivity contribution in [2.24, 2.45) is 5.92 Å². The fourth-order valence-electron chi connectivity index (χ4n) is 2.34. The minimum absolute atomic E-state index is 0.0489. The third kappa shape index (κ3) is 4.01. The minimum Gasteiger partial charge on any atom is -0.349 e. The molecule has 1 aliphatic heterocycles. The quantitative estimate of drug-likeness (QED) is 0.771. The Morgan fingerprint density at radius 1 is 1.45 bits per heavy atom. The molecule has 1 aliphatic carbocycles. The Hall–Kier alpha value is -1.53. The molecule has 0 bridgehead atoms. The summed E-state index contributed by atoms with van der Waals surface area (Å²) in [5.74, 6) is 1.09. The highest BCUT2D eigenvalue weighted by molar-refractivity contribution is 5.94. The standard InChI is InChI=1S/C16H23N3O3/c1-11(2)7-8-21-16-6-5-14(20)15(22-16)10-19-9-13(17-18-19)12-3-4-12/h5-6,9,11-12,15-16H,3-4,7-8,10H2,1-2H3/t15-,16+/m1/s1. The number of aromatic nitrogens is 3. The van der Waals surface area contributed by atoms with E-state index in [2.05, 4.69) is 24.2 Å². The number of carbonyl (C=O) groups excluding carboxylic acids is 1. The highest BCUT2D eigenvalue weighted by atomic mass is 16.7. The third-order valence-corrected chi connectivity index (χ3v) is 3.92. The van der Waals surface area contributed by atoms with Crippen LogP contribution in [0.4, 0.5) is 0 Å². The average molecular weight is 305 g/mol. The molecule has 0 N–H and O–H groups in total. The lowest BCUT2D eigenvalue weighted by atomic mass is 10.1. The van der Waals surface area contributed by atoms with Gasteiger partial charge < -0.3 is 9.47 Å². The SMILES string of the molecule is CC(C)CCO[C@@H]1C=CC(=O)[C@@H](Cn2cc(C3CC3)nn2)O1. The number of hydrogen-bond donors (Lipinski definition) is 0. The van der Waals surface area contributed by atoms with E-state index in [9.17, 15) is 4.79 Å². The number of carbonyl (C=O) groups is 1. The lowest BCUT2D eigenvalue weighted by Gasteiger charge is -2.25. The summed E-state index contributed by atoms with van der Waals surface area (Å²) < 4.78 is 13.1. The van der Waals surface area contributed by atoms with Crippen LogP contribution in [-0.4, -0.2) is 39.8 Å². The van der Waals surface area contributed by atoms with Crippen LogP contribution in [0.1, 0.15) is 44.7 Å². The Bertz CT molecular complexity index is 549. The maximum absolute atomic E-state index is 12.0. The summed E-state index contributed by atoms with van der Waals surface area (Å²) in [6, 6.07) is 0. The van der Waals surface area contributed by atoms with Crippen molar-refractivity contribution >= 4 is 5.78 Å². The van der Waals surface area contributed by atoms with Gasteiger partial charge in [0.15, 0.2) is 12.1 Å². The van der Waals surface area contributed by atoms with Gasteiger partial charge in [-0.15, -0.1) is 5.10 Å². The number of hydrogen-bond acceptors (Lipinski definition) is 5. The molecule has 0 unspecified atom stereocenters. The summed E-state index contributed by atoms with van der Waals surface area (Å²) in [5, 5.41) is 8.24. The largest absolute Gasteiger partial charge is 0.349 e. The molecule has 3 rings (SSSR count). The molecule has 1 fully saturated rings. The molecule has 120 valence electrons. The van der Waals surface area contributed by atoms with Crippen molar-refractivity contribution in [3.63, 3.8) is 0 Å². The predicted molar refractivity (Wildman–Crippen MR) is 80.2 cm³/mol. The van der Waals surface area contributed by atoms with Gasteiger partial charge >= 0.3 is 0 Å². The Balaban J connectivity index is 1.53. The molecule has 1 aromatic heterocycles. The van der Waals surface area contributed by atoms with Crippen LogP contribution in [-0.2, 0) is 20.8 Å². The number of nitrogens with zero attached hydrogens (tertiary/aromatic N) is 3. The van der Waals surface area contributed by atoms with Gasteiger partial charge in [-0.2, -0.15) is 0 Å². The molecule has 0 aromatic carbocycles. The van der Waals surface area contributed by atoms with Gasteiger partial charge in [0.2, 0.25) is 0 Å². The van der Waals surface area contributed by atoms with Crippen molar-refractivity contribution in [2.45, 2.75) is 58.0 Å². The zero-order valence-corrected chi connectivity index (χ0v) is 13.1. The molecule has 0 spiro atoms. The van der Waals surface area contributed by atoms with E-state index >= 15 is 0 Å². The zero-order chi connectivity index (χ0) is 15.5. The third-order valence-electron chi connectivity index (χ3n) is 3.92. The average Bonchev–Trinajstić information content (AvgIpc) is 3.22. The molecule has 6 nitrogen and oxygen atoms in total. The molecule has 22 heavy (non-hydrogen) atoms. The Morgan fingerprint density at radius 2 is 2.27 bits per heavy atom. The fraction of sp³-hybridized carbons (Fsp3) is 0.688. The first-order valence-electron chi connectivity index (χ1n) is 8.01. The van der Waals surface area contributed by atoms with Gasteiger partial charge in [0.25, 0.3) is 0 Å². The summed E-state index contributed by atoms with van der Waals surface area (Å²) in [6.45, 7) is 5.31. The maximum atomic E-state index is 12.0. The van der Waals surface area contributed by atoms with Crippen LogP contribution in [0.3, 0.4) is 0 Å². The monoisotopic (exact) mass is 305 g/mol. The smallest absolute Gasteiger partial charge is 0.186 e. The van der Waals surface area contributed by atoms with Gasteiger partial charge in [0.05, 0.1) is 18.8 Å². The molecule has 0 saturated heterocycles. The van der Waals surface area contributed by atoms with Gasteiger partial charge in [-0.25, -0.2) is 4.68 Å². The van der Waals surface area contributed by atoms with Crippen molar-refractivity contribution in [2.75, 3.05) is 6.61 Å². The summed E-state index contributed by atoms with van der Waals surface area (Å²) in [5.41, 5.74) is 1.02. The molecule has 2 aliphatic rings. The van der Waals surface area contributed by atoms with Crippen LogP contribution in [0.2, 0.25) is 0 Å². The van der Waals surface area contributed by atoms with Crippen LogP contribution < -0.4 is 0 Å². The van der Waals surface area contributed by atoms with E-state index in [-0.39, 0.29) is 5.78 Å². The summed E-state index contributed by atoms with van der Waals surface area (Å²) in [6.07, 6.45) is 7.48. The van der Waals surface area contributed by atoms with Crippen molar-refractivity contribution < 1.29 is 14.3 Å².